The van der Waals surface area contributed by atoms with Crippen molar-refractivity contribution in [2.75, 3.05) is 20.3 Å². The minimum atomic E-state index is 0.452. The van der Waals surface area contributed by atoms with Gasteiger partial charge in [0.1, 0.15) is 18.1 Å². The molecule has 0 saturated carbocycles. The van der Waals surface area contributed by atoms with Gasteiger partial charge in [0.05, 0.1) is 7.11 Å². The summed E-state index contributed by atoms with van der Waals surface area (Å²) in [5.41, 5.74) is 1.12. The molecule has 1 rings (SSSR count). The Hall–Kier alpha value is -1.00. The van der Waals surface area contributed by atoms with Crippen molar-refractivity contribution in [3.05, 3.63) is 34.8 Å². The zero-order chi connectivity index (χ0) is 13.4. The summed E-state index contributed by atoms with van der Waals surface area (Å²) in [6.45, 7) is 8.15. The van der Waals surface area contributed by atoms with Gasteiger partial charge < -0.3 is 14.8 Å². The molecule has 0 heterocycles. The van der Waals surface area contributed by atoms with Crippen LogP contribution in [0.15, 0.2) is 29.3 Å². The minimum absolute atomic E-state index is 0.452. The second-order valence-corrected chi connectivity index (χ2v) is 5.08. The van der Waals surface area contributed by atoms with E-state index < -0.39 is 0 Å². The minimum Gasteiger partial charge on any atom is -0.497 e. The molecule has 4 heteroatoms. The first-order valence-electron chi connectivity index (χ1n) is 6.01. The van der Waals surface area contributed by atoms with Crippen LogP contribution in [-0.4, -0.2) is 20.3 Å². The largest absolute Gasteiger partial charge is 0.497 e. The van der Waals surface area contributed by atoms with Crippen molar-refractivity contribution in [3.63, 3.8) is 0 Å². The van der Waals surface area contributed by atoms with Crippen molar-refractivity contribution < 1.29 is 9.47 Å². The molecule has 0 fully saturated rings. The fourth-order valence-electron chi connectivity index (χ4n) is 1.50. The number of halogens is 1. The van der Waals surface area contributed by atoms with E-state index >= 15 is 0 Å². The van der Waals surface area contributed by atoms with E-state index in [4.69, 9.17) is 9.47 Å². The molecule has 0 amide bonds. The monoisotopic (exact) mass is 313 g/mol. The zero-order valence-electron chi connectivity index (χ0n) is 11.0. The number of benzene rings is 1. The highest BCUT2D eigenvalue weighted by molar-refractivity contribution is 9.11. The van der Waals surface area contributed by atoms with Crippen molar-refractivity contribution in [2.45, 2.75) is 19.9 Å². The molecule has 0 aliphatic heterocycles. The summed E-state index contributed by atoms with van der Waals surface area (Å²) < 4.78 is 11.7. The molecule has 1 aromatic carbocycles. The molecule has 0 aliphatic carbocycles. The highest BCUT2D eigenvalue weighted by Gasteiger charge is 2.06. The normalized spacial score (nSPS) is 10.2. The maximum Gasteiger partial charge on any atom is 0.128 e. The summed E-state index contributed by atoms with van der Waals surface area (Å²) in [5.74, 6) is 1.63. The molecular weight excluding hydrogens is 294 g/mol. The summed E-state index contributed by atoms with van der Waals surface area (Å²) in [4.78, 5) is 0. The molecule has 1 N–H and O–H groups in total. The van der Waals surface area contributed by atoms with Gasteiger partial charge in [-0.15, -0.1) is 0 Å². The summed E-state index contributed by atoms with van der Waals surface area (Å²) in [6.07, 6.45) is 1.12. The SMILES string of the molecule is C=C(Br)COc1cc(OC)ccc1CNCCC. The van der Waals surface area contributed by atoms with Gasteiger partial charge in [0.25, 0.3) is 0 Å². The quantitative estimate of drug-likeness (QED) is 0.745. The van der Waals surface area contributed by atoms with Crippen LogP contribution in [0.2, 0.25) is 0 Å². The van der Waals surface area contributed by atoms with E-state index in [2.05, 4.69) is 34.7 Å². The molecule has 0 spiro atoms. The molecular formula is C14H20BrNO2. The third-order valence-electron chi connectivity index (χ3n) is 2.40. The lowest BCUT2D eigenvalue weighted by Crippen LogP contribution is -2.14. The Morgan fingerprint density at radius 3 is 2.83 bits per heavy atom. The molecule has 0 saturated heterocycles. The second-order valence-electron chi connectivity index (χ2n) is 3.96. The topological polar surface area (TPSA) is 30.5 Å². The van der Waals surface area contributed by atoms with Gasteiger partial charge in [-0.05, 0) is 19.0 Å². The van der Waals surface area contributed by atoms with Crippen molar-refractivity contribution in [1.82, 2.24) is 5.32 Å². The fourth-order valence-corrected chi connectivity index (χ4v) is 1.61. The molecule has 1 aromatic rings. The first-order chi connectivity index (χ1) is 8.67. The molecule has 0 radical (unpaired) electrons. The number of hydrogen-bond donors (Lipinski definition) is 1. The average molecular weight is 314 g/mol. The highest BCUT2D eigenvalue weighted by Crippen LogP contribution is 2.25. The number of rotatable bonds is 8. The van der Waals surface area contributed by atoms with Crippen molar-refractivity contribution in [1.29, 1.82) is 0 Å². The predicted molar refractivity (Wildman–Crippen MR) is 78.6 cm³/mol. The number of ether oxygens (including phenoxy) is 2. The smallest absolute Gasteiger partial charge is 0.128 e. The van der Waals surface area contributed by atoms with Gasteiger partial charge >= 0.3 is 0 Å². The molecule has 3 nitrogen and oxygen atoms in total. The van der Waals surface area contributed by atoms with E-state index in [1.165, 1.54) is 0 Å². The Balaban J connectivity index is 2.75. The van der Waals surface area contributed by atoms with Crippen LogP contribution in [0.5, 0.6) is 11.5 Å². The molecule has 0 aromatic heterocycles. The lowest BCUT2D eigenvalue weighted by Gasteiger charge is -2.13. The summed E-state index contributed by atoms with van der Waals surface area (Å²) in [6, 6.07) is 5.87. The van der Waals surface area contributed by atoms with Crippen molar-refractivity contribution in [2.24, 2.45) is 0 Å². The van der Waals surface area contributed by atoms with Gasteiger partial charge in [0.2, 0.25) is 0 Å². The summed E-state index contributed by atoms with van der Waals surface area (Å²) >= 11 is 3.29. The van der Waals surface area contributed by atoms with E-state index in [1.54, 1.807) is 7.11 Å². The van der Waals surface area contributed by atoms with Crippen LogP contribution in [0.1, 0.15) is 18.9 Å². The van der Waals surface area contributed by atoms with Gasteiger partial charge in [-0.2, -0.15) is 0 Å². The van der Waals surface area contributed by atoms with E-state index in [1.807, 2.05) is 18.2 Å². The van der Waals surface area contributed by atoms with Gasteiger partial charge in [-0.3, -0.25) is 0 Å². The van der Waals surface area contributed by atoms with Gasteiger partial charge in [0, 0.05) is 22.7 Å². The van der Waals surface area contributed by atoms with Crippen LogP contribution in [0, 0.1) is 0 Å². The fraction of sp³-hybridized carbons (Fsp3) is 0.429. The third kappa shape index (κ3) is 5.10. The Labute approximate surface area is 117 Å². The molecule has 0 unspecified atom stereocenters. The van der Waals surface area contributed by atoms with Crippen LogP contribution in [-0.2, 0) is 6.54 Å². The Morgan fingerprint density at radius 2 is 2.22 bits per heavy atom. The first kappa shape index (κ1) is 15.1. The Bertz CT molecular complexity index is 393. The molecule has 100 valence electrons. The van der Waals surface area contributed by atoms with E-state index in [-0.39, 0.29) is 0 Å². The van der Waals surface area contributed by atoms with E-state index in [9.17, 15) is 0 Å². The predicted octanol–water partition coefficient (Wildman–Crippen LogP) is 3.48. The molecule has 0 bridgehead atoms. The Morgan fingerprint density at radius 1 is 1.44 bits per heavy atom. The van der Waals surface area contributed by atoms with Crippen molar-refractivity contribution in [3.8, 4) is 11.5 Å². The molecule has 0 aliphatic rings. The summed E-state index contributed by atoms with van der Waals surface area (Å²) in [7, 11) is 1.65. The van der Waals surface area contributed by atoms with Crippen LogP contribution < -0.4 is 14.8 Å². The average Bonchev–Trinajstić information content (AvgIpc) is 2.37. The van der Waals surface area contributed by atoms with E-state index in [0.29, 0.717) is 6.61 Å². The Kier molecular flexibility index (Phi) is 6.83. The van der Waals surface area contributed by atoms with Crippen LogP contribution in [0.3, 0.4) is 0 Å². The van der Waals surface area contributed by atoms with Crippen LogP contribution in [0.25, 0.3) is 0 Å². The standard InChI is InChI=1S/C14H20BrNO2/c1-4-7-16-9-12-5-6-13(17-3)8-14(12)18-10-11(2)15/h5-6,8,16H,2,4,7,9-10H2,1,3H3. The molecule has 18 heavy (non-hydrogen) atoms. The highest BCUT2D eigenvalue weighted by atomic mass is 79.9. The zero-order valence-corrected chi connectivity index (χ0v) is 12.5. The van der Waals surface area contributed by atoms with Crippen LogP contribution >= 0.6 is 15.9 Å². The molecule has 0 atom stereocenters. The lowest BCUT2D eigenvalue weighted by molar-refractivity contribution is 0.350. The second kappa shape index (κ2) is 8.16. The van der Waals surface area contributed by atoms with Crippen molar-refractivity contribution >= 4 is 15.9 Å². The van der Waals surface area contributed by atoms with Gasteiger partial charge in [-0.1, -0.05) is 35.5 Å². The van der Waals surface area contributed by atoms with Gasteiger partial charge in [0.15, 0.2) is 0 Å². The number of methoxy groups -OCH3 is 1. The maximum atomic E-state index is 5.71. The maximum absolute atomic E-state index is 5.71. The number of hydrogen-bond acceptors (Lipinski definition) is 3. The lowest BCUT2D eigenvalue weighted by atomic mass is 10.2. The van der Waals surface area contributed by atoms with Gasteiger partial charge in [-0.25, -0.2) is 0 Å². The summed E-state index contributed by atoms with van der Waals surface area (Å²) in [5, 5.41) is 3.36. The van der Waals surface area contributed by atoms with Crippen LogP contribution in [0.4, 0.5) is 0 Å². The first-order valence-corrected chi connectivity index (χ1v) is 6.80. The number of nitrogens with one attached hydrogen (secondary N) is 1. The third-order valence-corrected chi connectivity index (χ3v) is 2.63. The van der Waals surface area contributed by atoms with E-state index in [0.717, 1.165) is 41.1 Å².